The van der Waals surface area contributed by atoms with Crippen LogP contribution in [0, 0.1) is 0 Å². The van der Waals surface area contributed by atoms with Crippen LogP contribution >= 0.6 is 7.82 Å². The molecular formula is C52H91NO8P+. The van der Waals surface area contributed by atoms with Gasteiger partial charge in [-0.05, 0) is 77.0 Å². The summed E-state index contributed by atoms with van der Waals surface area (Å²) in [4.78, 5) is 35.5. The zero-order valence-electron chi connectivity index (χ0n) is 40.1. The van der Waals surface area contributed by atoms with Crippen LogP contribution in [0.2, 0.25) is 0 Å². The van der Waals surface area contributed by atoms with Gasteiger partial charge in [-0.1, -0.05) is 176 Å². The average molecular weight is 889 g/mol. The average Bonchev–Trinajstić information content (AvgIpc) is 3.23. The van der Waals surface area contributed by atoms with Gasteiger partial charge in [0.05, 0.1) is 27.7 Å². The Morgan fingerprint density at radius 3 is 1.44 bits per heavy atom. The van der Waals surface area contributed by atoms with Gasteiger partial charge in [0.1, 0.15) is 19.8 Å². The molecule has 0 bridgehead atoms. The van der Waals surface area contributed by atoms with Gasteiger partial charge in [-0.25, -0.2) is 4.57 Å². The van der Waals surface area contributed by atoms with Gasteiger partial charge in [-0.15, -0.1) is 0 Å². The van der Waals surface area contributed by atoms with E-state index < -0.39 is 32.5 Å². The first-order valence-electron chi connectivity index (χ1n) is 24.3. The summed E-state index contributed by atoms with van der Waals surface area (Å²) in [6.07, 6.45) is 56.5. The number of quaternary nitrogens is 1. The third-order valence-corrected chi connectivity index (χ3v) is 10.9. The molecule has 0 saturated heterocycles. The second-order valence-electron chi connectivity index (χ2n) is 17.1. The van der Waals surface area contributed by atoms with Gasteiger partial charge < -0.3 is 18.9 Å². The van der Waals surface area contributed by atoms with Gasteiger partial charge in [0, 0.05) is 12.8 Å². The summed E-state index contributed by atoms with van der Waals surface area (Å²) in [6, 6.07) is 0. The van der Waals surface area contributed by atoms with Crippen molar-refractivity contribution < 1.29 is 42.1 Å². The molecule has 2 atom stereocenters. The summed E-state index contributed by atoms with van der Waals surface area (Å²) in [5, 5.41) is 0. The number of hydrogen-bond acceptors (Lipinski definition) is 7. The Hall–Kier alpha value is -2.81. The number of carbonyl (C=O) groups excluding carboxylic acids is 2. The molecule has 1 unspecified atom stereocenters. The quantitative estimate of drug-likeness (QED) is 0.0212. The predicted molar refractivity (Wildman–Crippen MR) is 261 cm³/mol. The number of hydrogen-bond donors (Lipinski definition) is 1. The van der Waals surface area contributed by atoms with Crippen LogP contribution in [0.15, 0.2) is 85.1 Å². The highest BCUT2D eigenvalue weighted by atomic mass is 31.2. The third-order valence-electron chi connectivity index (χ3n) is 9.92. The van der Waals surface area contributed by atoms with E-state index in [-0.39, 0.29) is 26.1 Å². The number of ether oxygens (including phenoxy) is 2. The minimum absolute atomic E-state index is 0.0138. The Balaban J connectivity index is 4.42. The van der Waals surface area contributed by atoms with Crippen LogP contribution in [0.5, 0.6) is 0 Å². The van der Waals surface area contributed by atoms with Crippen LogP contribution in [0.3, 0.4) is 0 Å². The Bertz CT molecular complexity index is 1330. The van der Waals surface area contributed by atoms with Gasteiger partial charge in [-0.2, -0.15) is 0 Å². The number of phosphoric ester groups is 1. The number of allylic oxidation sites excluding steroid dienone is 14. The molecule has 10 heteroatoms. The molecule has 0 aliphatic heterocycles. The molecule has 0 aliphatic carbocycles. The lowest BCUT2D eigenvalue weighted by Gasteiger charge is -2.24. The number of unbranched alkanes of at least 4 members (excludes halogenated alkanes) is 15. The highest BCUT2D eigenvalue weighted by Gasteiger charge is 2.27. The van der Waals surface area contributed by atoms with E-state index in [4.69, 9.17) is 18.5 Å². The molecule has 0 saturated carbocycles. The summed E-state index contributed by atoms with van der Waals surface area (Å²) in [7, 11) is 1.42. The topological polar surface area (TPSA) is 108 Å². The molecule has 0 aromatic heterocycles. The molecule has 0 rings (SSSR count). The molecule has 1 N–H and O–H groups in total. The van der Waals surface area contributed by atoms with Crippen molar-refractivity contribution in [3.63, 3.8) is 0 Å². The maximum Gasteiger partial charge on any atom is 0.472 e. The molecule has 0 spiro atoms. The van der Waals surface area contributed by atoms with Crippen LogP contribution < -0.4 is 0 Å². The number of esters is 2. The fraction of sp³-hybridized carbons (Fsp3) is 0.692. The summed E-state index contributed by atoms with van der Waals surface area (Å²) < 4.78 is 34.3. The first-order valence-corrected chi connectivity index (χ1v) is 25.8. The Morgan fingerprint density at radius 1 is 0.516 bits per heavy atom. The fourth-order valence-electron chi connectivity index (χ4n) is 6.15. The van der Waals surface area contributed by atoms with Gasteiger partial charge in [0.2, 0.25) is 0 Å². The maximum atomic E-state index is 12.7. The maximum absolute atomic E-state index is 12.7. The predicted octanol–water partition coefficient (Wildman–Crippen LogP) is 14.4. The molecule has 0 aliphatic rings. The van der Waals surface area contributed by atoms with Crippen molar-refractivity contribution in [2.45, 2.75) is 187 Å². The van der Waals surface area contributed by atoms with Crippen LogP contribution in [0.25, 0.3) is 0 Å². The Kier molecular flexibility index (Phi) is 41.5. The summed E-state index contributed by atoms with van der Waals surface area (Å²) >= 11 is 0. The minimum Gasteiger partial charge on any atom is -0.462 e. The molecule has 0 radical (unpaired) electrons. The molecule has 0 heterocycles. The first kappa shape index (κ1) is 59.2. The molecule has 0 fully saturated rings. The number of carbonyl (C=O) groups is 2. The molecule has 0 aromatic rings. The summed E-state index contributed by atoms with van der Waals surface area (Å²) in [5.74, 6) is -0.903. The van der Waals surface area contributed by atoms with Crippen molar-refractivity contribution in [2.24, 2.45) is 0 Å². The van der Waals surface area contributed by atoms with Crippen molar-refractivity contribution in [1.29, 1.82) is 0 Å². The van der Waals surface area contributed by atoms with E-state index in [1.807, 2.05) is 33.3 Å². The Morgan fingerprint density at radius 2 is 0.952 bits per heavy atom. The van der Waals surface area contributed by atoms with E-state index in [1.54, 1.807) is 0 Å². The zero-order valence-corrected chi connectivity index (χ0v) is 41.0. The lowest BCUT2D eigenvalue weighted by Crippen LogP contribution is -2.37. The van der Waals surface area contributed by atoms with E-state index in [2.05, 4.69) is 86.8 Å². The van der Waals surface area contributed by atoms with E-state index in [0.717, 1.165) is 57.8 Å². The first-order chi connectivity index (χ1) is 30.0. The zero-order chi connectivity index (χ0) is 45.7. The minimum atomic E-state index is -4.40. The van der Waals surface area contributed by atoms with E-state index in [0.29, 0.717) is 17.4 Å². The molecule has 9 nitrogen and oxygen atoms in total. The third kappa shape index (κ3) is 46.7. The van der Waals surface area contributed by atoms with Crippen LogP contribution in [-0.2, 0) is 32.7 Å². The smallest absolute Gasteiger partial charge is 0.462 e. The van der Waals surface area contributed by atoms with E-state index in [1.165, 1.54) is 89.9 Å². The lowest BCUT2D eigenvalue weighted by atomic mass is 10.1. The lowest BCUT2D eigenvalue weighted by molar-refractivity contribution is -0.870. The van der Waals surface area contributed by atoms with Crippen LogP contribution in [-0.4, -0.2) is 74.9 Å². The molecule has 0 amide bonds. The van der Waals surface area contributed by atoms with Gasteiger partial charge in [0.15, 0.2) is 6.10 Å². The SMILES string of the molecule is CC/C=C/C/C=C/C/C=C/C/C=C/C/C=C/C/C=C/CCC(=O)O[C@H](COC(=O)CCCCCCCCCCC/C=C/CCCCCCCC)COP(=O)(O)OCC[N+](C)(C)C. The standard InChI is InChI=1S/C52H90NO8P/c1-6-8-10-12-14-16-18-20-22-24-26-28-30-32-34-36-38-40-42-44-51(54)58-48-50(49-60-62(56,57)59-47-46-53(3,4)5)61-52(55)45-43-41-39-37-35-33-31-29-27-25-23-21-19-17-15-13-11-9-7-2/h9,11,15,17,20-23,27,29,33,35,39,41,50H,6-8,10,12-14,16,18-19,24-26,28,30-32,34,36-38,40,42-49H2,1-5H3/p+1/b11-9+,17-15+,22-20+,23-21+,29-27+,35-33+,41-39+/t50-/m1/s1. The summed E-state index contributed by atoms with van der Waals surface area (Å²) in [6.45, 7) is 4.21. The van der Waals surface area contributed by atoms with Crippen LogP contribution in [0.1, 0.15) is 181 Å². The number of likely N-dealkylation sites (N-methyl/N-ethyl adjacent to an activating group) is 1. The normalized spacial score (nSPS) is 14.2. The molecular weight excluding hydrogens is 798 g/mol. The monoisotopic (exact) mass is 889 g/mol. The number of rotatable bonds is 43. The van der Waals surface area contributed by atoms with Crippen molar-refractivity contribution in [2.75, 3.05) is 47.5 Å². The Labute approximate surface area is 380 Å². The molecule has 356 valence electrons. The van der Waals surface area contributed by atoms with E-state index in [9.17, 15) is 19.0 Å². The van der Waals surface area contributed by atoms with Crippen molar-refractivity contribution in [1.82, 2.24) is 0 Å². The molecule has 62 heavy (non-hydrogen) atoms. The molecule has 0 aromatic carbocycles. The summed E-state index contributed by atoms with van der Waals surface area (Å²) in [5.41, 5.74) is 0. The van der Waals surface area contributed by atoms with Crippen molar-refractivity contribution in [3.8, 4) is 0 Å². The van der Waals surface area contributed by atoms with Crippen molar-refractivity contribution in [3.05, 3.63) is 85.1 Å². The van der Waals surface area contributed by atoms with E-state index >= 15 is 0 Å². The highest BCUT2D eigenvalue weighted by Crippen LogP contribution is 2.43. The van der Waals surface area contributed by atoms with Gasteiger partial charge >= 0.3 is 19.8 Å². The van der Waals surface area contributed by atoms with Crippen LogP contribution in [0.4, 0.5) is 0 Å². The largest absolute Gasteiger partial charge is 0.472 e. The van der Waals surface area contributed by atoms with Crippen molar-refractivity contribution >= 4 is 19.8 Å². The second-order valence-corrected chi connectivity index (χ2v) is 18.6. The highest BCUT2D eigenvalue weighted by molar-refractivity contribution is 7.47. The second kappa shape index (κ2) is 43.4. The van der Waals surface area contributed by atoms with Gasteiger partial charge in [0.25, 0.3) is 0 Å². The van der Waals surface area contributed by atoms with Gasteiger partial charge in [-0.3, -0.25) is 18.6 Å². The fourth-order valence-corrected chi connectivity index (χ4v) is 6.89. The number of nitrogens with zero attached hydrogens (tertiary/aromatic N) is 1. The number of phosphoric acid groups is 1.